The molecule has 0 radical (unpaired) electrons. The normalized spacial score (nSPS) is 12.4. The van der Waals surface area contributed by atoms with Crippen molar-refractivity contribution in [1.82, 2.24) is 5.43 Å². The van der Waals surface area contributed by atoms with Crippen molar-refractivity contribution in [3.63, 3.8) is 0 Å². The van der Waals surface area contributed by atoms with Crippen molar-refractivity contribution in [3.8, 4) is 16.2 Å². The first-order valence-electron chi connectivity index (χ1n) is 7.96. The van der Waals surface area contributed by atoms with Crippen LogP contribution in [-0.4, -0.2) is 12.1 Å². The molecule has 0 bridgehead atoms. The largest absolute Gasteiger partial charge is 0.488 e. The van der Waals surface area contributed by atoms with Crippen LogP contribution in [0.1, 0.15) is 26.4 Å². The molecule has 0 saturated carbocycles. The third kappa shape index (κ3) is 3.19. The molecule has 25 heavy (non-hydrogen) atoms. The summed E-state index contributed by atoms with van der Waals surface area (Å²) in [5.41, 5.74) is 6.79. The van der Waals surface area contributed by atoms with Crippen molar-refractivity contribution >= 4 is 23.5 Å². The molecule has 1 aliphatic rings. The van der Waals surface area contributed by atoms with Crippen molar-refractivity contribution in [2.24, 2.45) is 5.10 Å². The van der Waals surface area contributed by atoms with E-state index in [1.807, 2.05) is 55.5 Å². The van der Waals surface area contributed by atoms with Gasteiger partial charge in [0, 0.05) is 16.0 Å². The third-order valence-electron chi connectivity index (χ3n) is 3.97. The summed E-state index contributed by atoms with van der Waals surface area (Å²) in [6.45, 7) is 2.54. The van der Waals surface area contributed by atoms with E-state index in [-0.39, 0.29) is 5.91 Å². The fourth-order valence-electron chi connectivity index (χ4n) is 2.74. The maximum Gasteiger partial charge on any atom is 0.281 e. The number of aryl methyl sites for hydroxylation is 1. The van der Waals surface area contributed by atoms with Crippen molar-refractivity contribution < 1.29 is 9.53 Å². The van der Waals surface area contributed by atoms with Gasteiger partial charge in [0.2, 0.25) is 0 Å². The highest BCUT2D eigenvalue weighted by atomic mass is 32.1. The van der Waals surface area contributed by atoms with E-state index in [2.05, 4.69) is 16.6 Å². The number of benzene rings is 2. The van der Waals surface area contributed by atoms with Gasteiger partial charge in [-0.3, -0.25) is 4.79 Å². The van der Waals surface area contributed by atoms with Gasteiger partial charge in [-0.25, -0.2) is 5.43 Å². The average molecular weight is 348 g/mol. The van der Waals surface area contributed by atoms with E-state index in [0.717, 1.165) is 27.3 Å². The molecular weight excluding hydrogens is 332 g/mol. The fraction of sp³-hybridized carbons (Fsp3) is 0.100. The number of ether oxygens (including phenoxy) is 1. The van der Waals surface area contributed by atoms with E-state index >= 15 is 0 Å². The van der Waals surface area contributed by atoms with Crippen LogP contribution in [0.25, 0.3) is 10.4 Å². The zero-order valence-electron chi connectivity index (χ0n) is 13.7. The Balaban J connectivity index is 1.55. The van der Waals surface area contributed by atoms with Crippen LogP contribution in [0.4, 0.5) is 0 Å². The first kappa shape index (κ1) is 15.6. The second-order valence-electron chi connectivity index (χ2n) is 5.86. The molecule has 1 N–H and O–H groups in total. The van der Waals surface area contributed by atoms with Gasteiger partial charge in [-0.15, -0.1) is 11.3 Å². The quantitative estimate of drug-likeness (QED) is 0.564. The Labute approximate surface area is 149 Å². The summed E-state index contributed by atoms with van der Waals surface area (Å²) in [6.07, 6.45) is 1.63. The van der Waals surface area contributed by atoms with Gasteiger partial charge in [-0.05, 0) is 30.7 Å². The second-order valence-corrected chi connectivity index (χ2v) is 6.92. The average Bonchev–Trinajstić information content (AvgIpc) is 3.07. The van der Waals surface area contributed by atoms with Crippen LogP contribution in [0.3, 0.4) is 0 Å². The summed E-state index contributed by atoms with van der Waals surface area (Å²) in [7, 11) is 0. The smallest absolute Gasteiger partial charge is 0.281 e. The molecule has 5 heteroatoms. The zero-order valence-corrected chi connectivity index (χ0v) is 14.5. The van der Waals surface area contributed by atoms with Crippen LogP contribution in [0.5, 0.6) is 5.75 Å². The molecule has 4 rings (SSSR count). The minimum absolute atomic E-state index is 0.208. The summed E-state index contributed by atoms with van der Waals surface area (Å²) >= 11 is 1.48. The van der Waals surface area contributed by atoms with Gasteiger partial charge in [-0.1, -0.05) is 42.0 Å². The number of rotatable bonds is 3. The Hall–Kier alpha value is -2.92. The number of hydrogen-bond donors (Lipinski definition) is 1. The first-order chi connectivity index (χ1) is 12.2. The molecule has 2 heterocycles. The Kier molecular flexibility index (Phi) is 4.07. The van der Waals surface area contributed by atoms with E-state index in [9.17, 15) is 4.79 Å². The molecule has 0 aliphatic carbocycles. The number of nitrogens with one attached hydrogen (secondary N) is 1. The Morgan fingerprint density at radius 2 is 2.04 bits per heavy atom. The maximum absolute atomic E-state index is 12.4. The van der Waals surface area contributed by atoms with Crippen molar-refractivity contribution in [1.29, 1.82) is 0 Å². The molecule has 124 valence electrons. The lowest BCUT2D eigenvalue weighted by atomic mass is 10.0. The number of fused-ring (bicyclic) bond motifs is 3. The van der Waals surface area contributed by atoms with Crippen molar-refractivity contribution in [2.75, 3.05) is 0 Å². The molecule has 4 nitrogen and oxygen atoms in total. The molecule has 0 atom stereocenters. The van der Waals surface area contributed by atoms with E-state index in [4.69, 9.17) is 4.74 Å². The van der Waals surface area contributed by atoms with Crippen molar-refractivity contribution in [2.45, 2.75) is 13.5 Å². The minimum atomic E-state index is -0.208. The molecular formula is C20H16N2O2S. The number of nitrogens with zero attached hydrogens (tertiary/aromatic N) is 1. The summed E-state index contributed by atoms with van der Waals surface area (Å²) in [6, 6.07) is 17.6. The number of carbonyl (C=O) groups excluding carboxylic acids is 1. The van der Waals surface area contributed by atoms with E-state index in [0.29, 0.717) is 11.5 Å². The standard InChI is InChI=1S/C20H16N2O2S/c1-13-7-8-17-16(9-13)19-15(12-24-17)10-18(25-19)20(23)22-21-11-14-5-3-2-4-6-14/h2-11H,12H2,1H3,(H,22,23)/b21-11+. The monoisotopic (exact) mass is 348 g/mol. The molecule has 0 saturated heterocycles. The van der Waals surface area contributed by atoms with Gasteiger partial charge in [0.15, 0.2) is 0 Å². The predicted octanol–water partition coefficient (Wildman–Crippen LogP) is 4.38. The molecule has 0 spiro atoms. The van der Waals surface area contributed by atoms with Crippen LogP contribution in [-0.2, 0) is 6.61 Å². The number of hydrogen-bond acceptors (Lipinski definition) is 4. The van der Waals surface area contributed by atoms with Gasteiger partial charge < -0.3 is 4.74 Å². The highest BCUT2D eigenvalue weighted by molar-refractivity contribution is 7.17. The minimum Gasteiger partial charge on any atom is -0.488 e. The van der Waals surface area contributed by atoms with Gasteiger partial charge in [0.05, 0.1) is 11.1 Å². The molecule has 0 fully saturated rings. The Morgan fingerprint density at radius 3 is 2.88 bits per heavy atom. The molecule has 2 aromatic carbocycles. The molecule has 1 amide bonds. The van der Waals surface area contributed by atoms with E-state index < -0.39 is 0 Å². The second kappa shape index (κ2) is 6.53. The van der Waals surface area contributed by atoms with Crippen LogP contribution < -0.4 is 10.2 Å². The number of hydrazone groups is 1. The lowest BCUT2D eigenvalue weighted by Gasteiger charge is -2.17. The fourth-order valence-corrected chi connectivity index (χ4v) is 3.82. The highest BCUT2D eigenvalue weighted by Crippen LogP contribution is 2.42. The molecule has 3 aromatic rings. The summed E-state index contributed by atoms with van der Waals surface area (Å²) in [5, 5.41) is 4.03. The summed E-state index contributed by atoms with van der Waals surface area (Å²) in [5.74, 6) is 0.662. The van der Waals surface area contributed by atoms with Crippen LogP contribution in [0.15, 0.2) is 59.7 Å². The topological polar surface area (TPSA) is 50.7 Å². The van der Waals surface area contributed by atoms with Gasteiger partial charge in [0.25, 0.3) is 5.91 Å². The summed E-state index contributed by atoms with van der Waals surface area (Å²) in [4.78, 5) is 14.1. The molecule has 1 aromatic heterocycles. The van der Waals surface area contributed by atoms with Crippen LogP contribution >= 0.6 is 11.3 Å². The lowest BCUT2D eigenvalue weighted by molar-refractivity contribution is 0.0959. The van der Waals surface area contributed by atoms with Crippen LogP contribution in [0, 0.1) is 6.92 Å². The molecule has 1 aliphatic heterocycles. The van der Waals surface area contributed by atoms with E-state index in [1.54, 1.807) is 6.21 Å². The van der Waals surface area contributed by atoms with E-state index in [1.165, 1.54) is 16.9 Å². The van der Waals surface area contributed by atoms with Crippen LogP contribution in [0.2, 0.25) is 0 Å². The van der Waals surface area contributed by atoms with Gasteiger partial charge in [0.1, 0.15) is 12.4 Å². The van der Waals surface area contributed by atoms with Gasteiger partial charge >= 0.3 is 0 Å². The summed E-state index contributed by atoms with van der Waals surface area (Å²) < 4.78 is 5.78. The molecule has 0 unspecified atom stereocenters. The highest BCUT2D eigenvalue weighted by Gasteiger charge is 2.22. The van der Waals surface area contributed by atoms with Crippen molar-refractivity contribution in [3.05, 3.63) is 76.2 Å². The SMILES string of the molecule is Cc1ccc2c(c1)-c1sc(C(=O)N/N=C/c3ccccc3)cc1CO2. The number of amides is 1. The van der Waals surface area contributed by atoms with Gasteiger partial charge in [-0.2, -0.15) is 5.10 Å². The number of carbonyl (C=O) groups is 1. The Bertz CT molecular complexity index is 961. The lowest BCUT2D eigenvalue weighted by Crippen LogP contribution is -2.16. The third-order valence-corrected chi connectivity index (χ3v) is 5.18. The Morgan fingerprint density at radius 1 is 1.20 bits per heavy atom. The number of thiophene rings is 1. The predicted molar refractivity (Wildman–Crippen MR) is 100 cm³/mol. The maximum atomic E-state index is 12.4. The zero-order chi connectivity index (χ0) is 17.2. The first-order valence-corrected chi connectivity index (χ1v) is 8.77.